The summed E-state index contributed by atoms with van der Waals surface area (Å²) in [6, 6.07) is 14.8. The Kier molecular flexibility index (Phi) is 8.18. The number of hydrogen-bond acceptors (Lipinski definition) is 1. The van der Waals surface area contributed by atoms with Crippen LogP contribution in [0.1, 0.15) is 57.9 Å². The summed E-state index contributed by atoms with van der Waals surface area (Å²) in [7, 11) is 0. The van der Waals surface area contributed by atoms with Gasteiger partial charge in [0, 0.05) is 0 Å². The van der Waals surface area contributed by atoms with E-state index in [-0.39, 0.29) is 0 Å². The second kappa shape index (κ2) is 10.4. The third-order valence-corrected chi connectivity index (χ3v) is 4.56. The first-order chi connectivity index (χ1) is 11.7. The number of hydrogen-bond donors (Lipinski definition) is 0. The minimum atomic E-state index is 0.693. The van der Waals surface area contributed by atoms with Crippen molar-refractivity contribution in [2.75, 3.05) is 6.61 Å². The van der Waals surface area contributed by atoms with Crippen molar-refractivity contribution in [2.45, 2.75) is 58.8 Å². The lowest BCUT2D eigenvalue weighted by atomic mass is 10.0. The van der Waals surface area contributed by atoms with Crippen LogP contribution in [0.4, 0.5) is 0 Å². The Hall–Kier alpha value is -1.47. The summed E-state index contributed by atoms with van der Waals surface area (Å²) in [5.41, 5.74) is 3.72. The van der Waals surface area contributed by atoms with Crippen molar-refractivity contribution in [2.24, 2.45) is 0 Å². The maximum Gasteiger partial charge on any atom is 0.137 e. The predicted octanol–water partition coefficient (Wildman–Crippen LogP) is 7.31. The highest BCUT2D eigenvalue weighted by atomic mass is 35.5. The van der Waals surface area contributed by atoms with Gasteiger partial charge < -0.3 is 4.74 Å². The highest BCUT2D eigenvalue weighted by molar-refractivity contribution is 6.32. The van der Waals surface area contributed by atoms with Gasteiger partial charge in [-0.1, -0.05) is 87.9 Å². The summed E-state index contributed by atoms with van der Waals surface area (Å²) in [6.07, 6.45) is 8.51. The van der Waals surface area contributed by atoms with Gasteiger partial charge in [0.1, 0.15) is 5.75 Å². The summed E-state index contributed by atoms with van der Waals surface area (Å²) in [4.78, 5) is 0. The smallest absolute Gasteiger partial charge is 0.137 e. The SMILES string of the molecule is CCCCCCCOc1ccc(-c2ccc(CCC)cc2)cc1Cl. The van der Waals surface area contributed by atoms with Gasteiger partial charge in [0.2, 0.25) is 0 Å². The van der Waals surface area contributed by atoms with Crippen LogP contribution in [0.3, 0.4) is 0 Å². The number of benzene rings is 2. The van der Waals surface area contributed by atoms with Gasteiger partial charge in [-0.15, -0.1) is 0 Å². The van der Waals surface area contributed by atoms with Crippen LogP contribution in [0.2, 0.25) is 5.02 Å². The lowest BCUT2D eigenvalue weighted by molar-refractivity contribution is 0.305. The van der Waals surface area contributed by atoms with Gasteiger partial charge in [0.25, 0.3) is 0 Å². The van der Waals surface area contributed by atoms with Crippen molar-refractivity contribution < 1.29 is 4.74 Å². The van der Waals surface area contributed by atoms with Gasteiger partial charge in [-0.25, -0.2) is 0 Å². The Bertz CT molecular complexity index is 604. The molecule has 2 aromatic rings. The van der Waals surface area contributed by atoms with Crippen molar-refractivity contribution in [3.63, 3.8) is 0 Å². The molecule has 0 aliphatic heterocycles. The number of ether oxygens (including phenoxy) is 1. The van der Waals surface area contributed by atoms with E-state index >= 15 is 0 Å². The molecule has 1 nitrogen and oxygen atoms in total. The van der Waals surface area contributed by atoms with Gasteiger partial charge in [0.15, 0.2) is 0 Å². The van der Waals surface area contributed by atoms with E-state index in [1.54, 1.807) is 0 Å². The van der Waals surface area contributed by atoms with E-state index in [1.807, 2.05) is 12.1 Å². The molecule has 0 heterocycles. The molecule has 0 fully saturated rings. The van der Waals surface area contributed by atoms with E-state index in [0.717, 1.165) is 30.8 Å². The summed E-state index contributed by atoms with van der Waals surface area (Å²) < 4.78 is 5.83. The molecule has 0 aliphatic rings. The summed E-state index contributed by atoms with van der Waals surface area (Å²) >= 11 is 6.40. The summed E-state index contributed by atoms with van der Waals surface area (Å²) in [5.74, 6) is 0.790. The molecular weight excluding hydrogens is 316 g/mol. The average molecular weight is 345 g/mol. The third kappa shape index (κ3) is 5.87. The lowest BCUT2D eigenvalue weighted by Gasteiger charge is -2.10. The Balaban J connectivity index is 1.91. The molecule has 0 aromatic heterocycles. The highest BCUT2D eigenvalue weighted by Gasteiger charge is 2.05. The van der Waals surface area contributed by atoms with Gasteiger partial charge in [-0.3, -0.25) is 0 Å². The van der Waals surface area contributed by atoms with E-state index in [1.165, 1.54) is 43.2 Å². The van der Waals surface area contributed by atoms with Gasteiger partial charge in [0.05, 0.1) is 11.6 Å². The number of unbranched alkanes of at least 4 members (excludes halogenated alkanes) is 4. The quantitative estimate of drug-likeness (QED) is 0.410. The van der Waals surface area contributed by atoms with Gasteiger partial charge in [-0.2, -0.15) is 0 Å². The fourth-order valence-corrected chi connectivity index (χ4v) is 3.07. The fraction of sp³-hybridized carbons (Fsp3) is 0.455. The molecule has 0 saturated carbocycles. The normalized spacial score (nSPS) is 10.8. The molecule has 0 amide bonds. The molecule has 24 heavy (non-hydrogen) atoms. The zero-order valence-corrected chi connectivity index (χ0v) is 15.7. The van der Waals surface area contributed by atoms with Crippen LogP contribution in [0.15, 0.2) is 42.5 Å². The molecule has 2 rings (SSSR count). The topological polar surface area (TPSA) is 9.23 Å². The zero-order chi connectivity index (χ0) is 17.2. The van der Waals surface area contributed by atoms with Crippen molar-refractivity contribution in [3.05, 3.63) is 53.1 Å². The van der Waals surface area contributed by atoms with Crippen LogP contribution in [0.25, 0.3) is 11.1 Å². The molecule has 0 unspecified atom stereocenters. The Morgan fingerprint density at radius 3 is 2.17 bits per heavy atom. The predicted molar refractivity (Wildman–Crippen MR) is 105 cm³/mol. The molecule has 130 valence electrons. The first-order valence-electron chi connectivity index (χ1n) is 9.26. The van der Waals surface area contributed by atoms with Crippen LogP contribution in [-0.2, 0) is 6.42 Å². The van der Waals surface area contributed by atoms with E-state index in [0.29, 0.717) is 5.02 Å². The van der Waals surface area contributed by atoms with Crippen molar-refractivity contribution in [1.82, 2.24) is 0 Å². The van der Waals surface area contributed by atoms with Crippen LogP contribution < -0.4 is 4.74 Å². The molecule has 2 heteroatoms. The van der Waals surface area contributed by atoms with E-state index < -0.39 is 0 Å². The molecule has 0 radical (unpaired) electrons. The molecule has 0 spiro atoms. The van der Waals surface area contributed by atoms with Crippen molar-refractivity contribution >= 4 is 11.6 Å². The highest BCUT2D eigenvalue weighted by Crippen LogP contribution is 2.30. The van der Waals surface area contributed by atoms with Gasteiger partial charge >= 0.3 is 0 Å². The molecule has 0 N–H and O–H groups in total. The zero-order valence-electron chi connectivity index (χ0n) is 15.0. The van der Waals surface area contributed by atoms with Crippen molar-refractivity contribution in [1.29, 1.82) is 0 Å². The van der Waals surface area contributed by atoms with Crippen LogP contribution >= 0.6 is 11.6 Å². The second-order valence-electron chi connectivity index (χ2n) is 6.35. The monoisotopic (exact) mass is 344 g/mol. The largest absolute Gasteiger partial charge is 0.492 e. The molecule has 0 atom stereocenters. The molecule has 0 saturated heterocycles. The van der Waals surface area contributed by atoms with E-state index in [2.05, 4.69) is 44.2 Å². The summed E-state index contributed by atoms with van der Waals surface area (Å²) in [5, 5.41) is 0.693. The first kappa shape index (κ1) is 18.9. The van der Waals surface area contributed by atoms with Gasteiger partial charge in [-0.05, 0) is 41.7 Å². The Morgan fingerprint density at radius 1 is 0.792 bits per heavy atom. The van der Waals surface area contributed by atoms with Crippen LogP contribution in [0.5, 0.6) is 5.75 Å². The maximum atomic E-state index is 6.40. The van der Waals surface area contributed by atoms with Crippen LogP contribution in [0, 0.1) is 0 Å². The maximum absolute atomic E-state index is 6.40. The van der Waals surface area contributed by atoms with Crippen LogP contribution in [-0.4, -0.2) is 6.61 Å². The summed E-state index contributed by atoms with van der Waals surface area (Å²) in [6.45, 7) is 5.18. The molecular formula is C22H29ClO. The standard InChI is InChI=1S/C22H29ClO/c1-3-5-6-7-8-16-24-22-15-14-20(17-21(22)23)19-12-10-18(9-4-2)11-13-19/h10-15,17H,3-9,16H2,1-2H3. The molecule has 0 bridgehead atoms. The number of rotatable bonds is 10. The molecule has 0 aliphatic carbocycles. The molecule has 2 aromatic carbocycles. The minimum absolute atomic E-state index is 0.693. The van der Waals surface area contributed by atoms with Crippen molar-refractivity contribution in [3.8, 4) is 16.9 Å². The Morgan fingerprint density at radius 2 is 1.50 bits per heavy atom. The lowest BCUT2D eigenvalue weighted by Crippen LogP contribution is -1.98. The third-order valence-electron chi connectivity index (χ3n) is 4.26. The second-order valence-corrected chi connectivity index (χ2v) is 6.76. The number of aryl methyl sites for hydroxylation is 1. The average Bonchev–Trinajstić information content (AvgIpc) is 2.60. The number of halogens is 1. The van der Waals surface area contributed by atoms with E-state index in [4.69, 9.17) is 16.3 Å². The minimum Gasteiger partial charge on any atom is -0.492 e. The van der Waals surface area contributed by atoms with E-state index in [9.17, 15) is 0 Å². The fourth-order valence-electron chi connectivity index (χ4n) is 2.84. The Labute approximate surface area is 152 Å². The first-order valence-corrected chi connectivity index (χ1v) is 9.64.